The van der Waals surface area contributed by atoms with Gasteiger partial charge in [-0.3, -0.25) is 9.59 Å². The highest BCUT2D eigenvalue weighted by Crippen LogP contribution is 2.30. The van der Waals surface area contributed by atoms with Gasteiger partial charge in [0.2, 0.25) is 0 Å². The van der Waals surface area contributed by atoms with Crippen molar-refractivity contribution < 1.29 is 14.0 Å². The summed E-state index contributed by atoms with van der Waals surface area (Å²) in [5, 5.41) is 3.60. The van der Waals surface area contributed by atoms with Crippen LogP contribution in [0.3, 0.4) is 0 Å². The van der Waals surface area contributed by atoms with Crippen molar-refractivity contribution in [1.29, 1.82) is 0 Å². The second-order valence-electron chi connectivity index (χ2n) is 5.10. The van der Waals surface area contributed by atoms with E-state index in [-0.39, 0.29) is 11.6 Å². The maximum absolute atomic E-state index is 12.9. The molecule has 0 radical (unpaired) electrons. The molecule has 1 amide bonds. The normalized spacial score (nSPS) is 12.0. The fourth-order valence-corrected chi connectivity index (χ4v) is 3.10. The van der Waals surface area contributed by atoms with Crippen LogP contribution in [0.4, 0.5) is 9.39 Å². The largest absolute Gasteiger partial charge is 0.367 e. The molecule has 0 saturated heterocycles. The quantitative estimate of drug-likeness (QED) is 0.859. The molecular weight excluding hydrogens is 303 g/mol. The summed E-state index contributed by atoms with van der Waals surface area (Å²) in [4.78, 5) is 23.8. The molecule has 4 nitrogen and oxygen atoms in total. The van der Waals surface area contributed by atoms with Crippen molar-refractivity contribution in [1.82, 2.24) is 0 Å². The Morgan fingerprint density at radius 1 is 1.32 bits per heavy atom. The minimum absolute atomic E-state index is 0.0242. The summed E-state index contributed by atoms with van der Waals surface area (Å²) in [6, 6.07) is 7.51. The van der Waals surface area contributed by atoms with Gasteiger partial charge in [0.15, 0.2) is 5.78 Å². The number of anilines is 1. The summed E-state index contributed by atoms with van der Waals surface area (Å²) in [6.07, 6.45) is 0.571. The summed E-state index contributed by atoms with van der Waals surface area (Å²) >= 11 is 1.37. The zero-order chi connectivity index (χ0) is 16.3. The molecule has 22 heavy (non-hydrogen) atoms. The van der Waals surface area contributed by atoms with Gasteiger partial charge in [0, 0.05) is 11.3 Å². The number of rotatable bonds is 6. The first-order chi connectivity index (χ1) is 10.4. The molecule has 2 rings (SSSR count). The average molecular weight is 320 g/mol. The number of Topliss-reactive ketones (excluding diaryl/α,β-unsaturated/α-hetero) is 1. The predicted octanol–water partition coefficient (Wildman–Crippen LogP) is 2.97. The SMILES string of the molecule is CC(=O)C(C)Nc1sc(Cc2ccc(F)cc2)cc1C(N)=O. The van der Waals surface area contributed by atoms with Crippen LogP contribution >= 0.6 is 11.3 Å². The second kappa shape index (κ2) is 6.70. The molecule has 0 aliphatic heterocycles. The van der Waals surface area contributed by atoms with Crippen molar-refractivity contribution in [3.8, 4) is 0 Å². The lowest BCUT2D eigenvalue weighted by Crippen LogP contribution is -2.24. The first-order valence-corrected chi connectivity index (χ1v) is 7.62. The molecule has 1 aromatic carbocycles. The van der Waals surface area contributed by atoms with E-state index in [0.29, 0.717) is 17.0 Å². The highest BCUT2D eigenvalue weighted by Gasteiger charge is 2.17. The molecule has 0 aliphatic carbocycles. The Kier molecular flexibility index (Phi) is 4.92. The number of carbonyl (C=O) groups is 2. The molecule has 0 spiro atoms. The number of carbonyl (C=O) groups excluding carboxylic acids is 2. The van der Waals surface area contributed by atoms with Crippen LogP contribution in [-0.4, -0.2) is 17.7 Å². The lowest BCUT2D eigenvalue weighted by atomic mass is 10.1. The molecule has 1 atom stereocenters. The molecule has 0 fully saturated rings. The number of hydrogen-bond donors (Lipinski definition) is 2. The smallest absolute Gasteiger partial charge is 0.251 e. The number of benzene rings is 1. The molecule has 3 N–H and O–H groups in total. The first kappa shape index (κ1) is 16.2. The van der Waals surface area contributed by atoms with Gasteiger partial charge >= 0.3 is 0 Å². The lowest BCUT2D eigenvalue weighted by Gasteiger charge is -2.10. The number of ketones is 1. The van der Waals surface area contributed by atoms with E-state index >= 15 is 0 Å². The molecule has 1 aromatic heterocycles. The summed E-state index contributed by atoms with van der Waals surface area (Å²) in [6.45, 7) is 3.21. The first-order valence-electron chi connectivity index (χ1n) is 6.80. The molecular formula is C16H17FN2O2S. The van der Waals surface area contributed by atoms with Crippen LogP contribution < -0.4 is 11.1 Å². The minimum atomic E-state index is -0.542. The summed E-state index contributed by atoms with van der Waals surface area (Å²) in [5.41, 5.74) is 6.69. The Hall–Kier alpha value is -2.21. The van der Waals surface area contributed by atoms with E-state index in [4.69, 9.17) is 5.73 Å². The third-order valence-corrected chi connectivity index (χ3v) is 4.36. The number of nitrogens with one attached hydrogen (secondary N) is 1. The number of amides is 1. The number of thiophene rings is 1. The Labute approximate surface area is 132 Å². The number of primary amides is 1. The van der Waals surface area contributed by atoms with Crippen molar-refractivity contribution in [2.45, 2.75) is 26.3 Å². The van der Waals surface area contributed by atoms with Gasteiger partial charge in [-0.1, -0.05) is 12.1 Å². The Morgan fingerprint density at radius 3 is 2.50 bits per heavy atom. The third-order valence-electron chi connectivity index (χ3n) is 3.30. The highest BCUT2D eigenvalue weighted by molar-refractivity contribution is 7.16. The van der Waals surface area contributed by atoms with Crippen LogP contribution in [0.15, 0.2) is 30.3 Å². The molecule has 1 unspecified atom stereocenters. The number of halogens is 1. The zero-order valence-corrected chi connectivity index (χ0v) is 13.2. The van der Waals surface area contributed by atoms with Crippen molar-refractivity contribution in [2.75, 3.05) is 5.32 Å². The van der Waals surface area contributed by atoms with Crippen LogP contribution in [0.1, 0.15) is 34.6 Å². The number of hydrogen-bond acceptors (Lipinski definition) is 4. The third kappa shape index (κ3) is 3.92. The van der Waals surface area contributed by atoms with E-state index in [1.54, 1.807) is 25.1 Å². The van der Waals surface area contributed by atoms with Crippen LogP contribution in [0.2, 0.25) is 0 Å². The predicted molar refractivity (Wildman–Crippen MR) is 85.8 cm³/mol. The molecule has 2 aromatic rings. The average Bonchev–Trinajstić information content (AvgIpc) is 2.84. The van der Waals surface area contributed by atoms with E-state index in [0.717, 1.165) is 10.4 Å². The van der Waals surface area contributed by atoms with Gasteiger partial charge in [0.1, 0.15) is 10.8 Å². The Bertz CT molecular complexity index is 695. The van der Waals surface area contributed by atoms with Gasteiger partial charge in [0.25, 0.3) is 5.91 Å². The van der Waals surface area contributed by atoms with Gasteiger partial charge < -0.3 is 11.1 Å². The maximum atomic E-state index is 12.9. The summed E-state index contributed by atoms with van der Waals surface area (Å²) in [7, 11) is 0. The van der Waals surface area contributed by atoms with Gasteiger partial charge in [-0.05, 0) is 37.6 Å². The van der Waals surface area contributed by atoms with E-state index in [1.807, 2.05) is 0 Å². The molecule has 1 heterocycles. The summed E-state index contributed by atoms with van der Waals surface area (Å²) < 4.78 is 12.9. The fraction of sp³-hybridized carbons (Fsp3) is 0.250. The molecule has 0 bridgehead atoms. The van der Waals surface area contributed by atoms with Gasteiger partial charge in [0.05, 0.1) is 11.6 Å². The van der Waals surface area contributed by atoms with Gasteiger partial charge in [-0.25, -0.2) is 4.39 Å². The Balaban J connectivity index is 2.24. The monoisotopic (exact) mass is 320 g/mol. The Morgan fingerprint density at radius 2 is 1.95 bits per heavy atom. The van der Waals surface area contributed by atoms with Crippen molar-refractivity contribution in [3.63, 3.8) is 0 Å². The maximum Gasteiger partial charge on any atom is 0.251 e. The topological polar surface area (TPSA) is 72.2 Å². The van der Waals surface area contributed by atoms with Gasteiger partial charge in [-0.2, -0.15) is 0 Å². The van der Waals surface area contributed by atoms with E-state index in [1.165, 1.54) is 30.4 Å². The van der Waals surface area contributed by atoms with E-state index in [9.17, 15) is 14.0 Å². The molecule has 0 aliphatic rings. The fourth-order valence-electron chi connectivity index (χ4n) is 1.92. The van der Waals surface area contributed by atoms with Crippen LogP contribution in [0.5, 0.6) is 0 Å². The standard InChI is InChI=1S/C16H17FN2O2S/c1-9(10(2)20)19-16-14(15(18)21)8-13(22-16)7-11-3-5-12(17)6-4-11/h3-6,8-9,19H,7H2,1-2H3,(H2,18,21). The number of nitrogens with two attached hydrogens (primary N) is 1. The second-order valence-corrected chi connectivity index (χ2v) is 6.24. The molecule has 6 heteroatoms. The van der Waals surface area contributed by atoms with E-state index < -0.39 is 11.9 Å². The van der Waals surface area contributed by atoms with E-state index in [2.05, 4.69) is 5.32 Å². The van der Waals surface area contributed by atoms with Crippen molar-refractivity contribution in [2.24, 2.45) is 5.73 Å². The molecule has 0 saturated carbocycles. The van der Waals surface area contributed by atoms with Crippen LogP contribution in [0.25, 0.3) is 0 Å². The minimum Gasteiger partial charge on any atom is -0.367 e. The van der Waals surface area contributed by atoms with Crippen molar-refractivity contribution in [3.05, 3.63) is 52.2 Å². The molecule has 116 valence electrons. The van der Waals surface area contributed by atoms with Crippen LogP contribution in [0, 0.1) is 5.82 Å². The van der Waals surface area contributed by atoms with Crippen molar-refractivity contribution >= 4 is 28.0 Å². The summed E-state index contributed by atoms with van der Waals surface area (Å²) in [5.74, 6) is -0.853. The highest BCUT2D eigenvalue weighted by atomic mass is 32.1. The zero-order valence-electron chi connectivity index (χ0n) is 12.4. The lowest BCUT2D eigenvalue weighted by molar-refractivity contribution is -0.117. The van der Waals surface area contributed by atoms with Gasteiger partial charge in [-0.15, -0.1) is 11.3 Å². The van der Waals surface area contributed by atoms with Crippen LogP contribution in [-0.2, 0) is 11.2 Å².